The summed E-state index contributed by atoms with van der Waals surface area (Å²) in [6, 6.07) is 11.4. The predicted molar refractivity (Wildman–Crippen MR) is 164 cm³/mol. The highest BCUT2D eigenvalue weighted by Crippen LogP contribution is 2.36. The molecule has 0 amide bonds. The van der Waals surface area contributed by atoms with Crippen LogP contribution in [0.5, 0.6) is 23.0 Å². The first kappa shape index (κ1) is 31.3. The van der Waals surface area contributed by atoms with Crippen LogP contribution in [0.1, 0.15) is 42.9 Å². The molecule has 0 unspecified atom stereocenters. The Labute approximate surface area is 257 Å². The lowest BCUT2D eigenvalue weighted by Crippen LogP contribution is -2.25. The highest BCUT2D eigenvalue weighted by Gasteiger charge is 2.28. The zero-order chi connectivity index (χ0) is 31.3. The van der Waals surface area contributed by atoms with Crippen molar-refractivity contribution >= 4 is 27.1 Å². The van der Waals surface area contributed by atoms with Crippen LogP contribution in [0.3, 0.4) is 0 Å². The molecule has 2 heterocycles. The summed E-state index contributed by atoms with van der Waals surface area (Å²) in [4.78, 5) is 11.4. The molecular formula is C30H38N6O7S. The molecule has 1 aliphatic rings. The molecule has 0 radical (unpaired) electrons. The summed E-state index contributed by atoms with van der Waals surface area (Å²) in [6.07, 6.45) is 5.99. The van der Waals surface area contributed by atoms with Crippen LogP contribution in [-0.2, 0) is 27.4 Å². The lowest BCUT2D eigenvalue weighted by Gasteiger charge is -2.28. The minimum Gasteiger partial charge on any atom is -0.497 e. The van der Waals surface area contributed by atoms with Gasteiger partial charge in [0.05, 0.1) is 47.3 Å². The molecule has 44 heavy (non-hydrogen) atoms. The minimum absolute atomic E-state index is 0.00137. The van der Waals surface area contributed by atoms with Crippen molar-refractivity contribution in [2.45, 2.75) is 44.8 Å². The molecule has 1 fully saturated rings. The van der Waals surface area contributed by atoms with Gasteiger partial charge in [-0.2, -0.15) is 8.42 Å². The fraction of sp³-hybridized carbons (Fsp3) is 0.467. The van der Waals surface area contributed by atoms with Crippen LogP contribution in [-0.4, -0.2) is 74.7 Å². The largest absolute Gasteiger partial charge is 0.497 e. The fourth-order valence-corrected chi connectivity index (χ4v) is 6.11. The van der Waals surface area contributed by atoms with E-state index in [1.165, 1.54) is 6.33 Å². The second-order valence-electron chi connectivity index (χ2n) is 10.8. The molecule has 4 aromatic rings. The predicted octanol–water partition coefficient (Wildman–Crippen LogP) is 4.17. The molecule has 2 aromatic heterocycles. The highest BCUT2D eigenvalue weighted by molar-refractivity contribution is 7.85. The first-order valence-electron chi connectivity index (χ1n) is 14.3. The topological polar surface area (TPSA) is 140 Å². The Morgan fingerprint density at radius 3 is 2.09 bits per heavy atom. The van der Waals surface area contributed by atoms with E-state index in [-0.39, 0.29) is 18.6 Å². The Hall–Kier alpha value is -4.17. The first-order chi connectivity index (χ1) is 21.2. The Morgan fingerprint density at radius 2 is 1.52 bits per heavy atom. The van der Waals surface area contributed by atoms with Crippen molar-refractivity contribution in [2.24, 2.45) is 5.92 Å². The van der Waals surface area contributed by atoms with Gasteiger partial charge in [-0.1, -0.05) is 11.6 Å². The van der Waals surface area contributed by atoms with Crippen molar-refractivity contribution in [1.29, 1.82) is 0 Å². The van der Waals surface area contributed by atoms with Crippen molar-refractivity contribution in [3.05, 3.63) is 53.9 Å². The van der Waals surface area contributed by atoms with Gasteiger partial charge in [-0.15, -0.1) is 5.10 Å². The van der Waals surface area contributed by atoms with E-state index in [0.29, 0.717) is 59.5 Å². The van der Waals surface area contributed by atoms with Crippen molar-refractivity contribution in [2.75, 3.05) is 46.2 Å². The van der Waals surface area contributed by atoms with Gasteiger partial charge in [-0.05, 0) is 49.4 Å². The Kier molecular flexibility index (Phi) is 9.69. The number of hydrogen-bond donors (Lipinski definition) is 0. The van der Waals surface area contributed by atoms with Gasteiger partial charge in [0.25, 0.3) is 10.1 Å². The summed E-state index contributed by atoms with van der Waals surface area (Å²) >= 11 is 0. The van der Waals surface area contributed by atoms with Crippen LogP contribution in [0.4, 0.5) is 5.82 Å². The second kappa shape index (κ2) is 13.6. The monoisotopic (exact) mass is 626 g/mol. The third-order valence-corrected chi connectivity index (χ3v) is 8.44. The minimum atomic E-state index is -3.51. The summed E-state index contributed by atoms with van der Waals surface area (Å²) in [7, 11) is 2.98. The molecule has 236 valence electrons. The van der Waals surface area contributed by atoms with E-state index in [0.717, 1.165) is 36.6 Å². The van der Waals surface area contributed by atoms with E-state index in [4.69, 9.17) is 23.1 Å². The molecule has 5 rings (SSSR count). The molecule has 13 nitrogen and oxygen atoms in total. The van der Waals surface area contributed by atoms with Gasteiger partial charge in [0.1, 0.15) is 29.3 Å². The summed E-state index contributed by atoms with van der Waals surface area (Å²) in [5, 5.41) is 9.09. The molecule has 1 saturated carbocycles. The SMILES string of the molecule is COc1ccc(CN(Cc2ccc(OC)cc2OC)c2ncnc3c2nnn3[C@@H]2CCC[C@H](COS(C)(=O)=O)C2)c(OC)c1. The van der Waals surface area contributed by atoms with Gasteiger partial charge < -0.3 is 23.8 Å². The maximum Gasteiger partial charge on any atom is 0.264 e. The van der Waals surface area contributed by atoms with Crippen LogP contribution in [0.15, 0.2) is 42.7 Å². The number of nitrogens with zero attached hydrogens (tertiary/aromatic N) is 6. The van der Waals surface area contributed by atoms with E-state index in [2.05, 4.69) is 25.2 Å². The Morgan fingerprint density at radius 1 is 0.886 bits per heavy atom. The number of ether oxygens (including phenoxy) is 4. The van der Waals surface area contributed by atoms with Crippen molar-refractivity contribution in [3.8, 4) is 23.0 Å². The van der Waals surface area contributed by atoms with E-state index in [9.17, 15) is 8.42 Å². The zero-order valence-electron chi connectivity index (χ0n) is 25.6. The van der Waals surface area contributed by atoms with Gasteiger partial charge in [0.2, 0.25) is 0 Å². The average molecular weight is 627 g/mol. The van der Waals surface area contributed by atoms with E-state index >= 15 is 0 Å². The summed E-state index contributed by atoms with van der Waals surface area (Å²) in [5.41, 5.74) is 3.00. The average Bonchev–Trinajstić information content (AvgIpc) is 3.48. The number of benzene rings is 2. The molecule has 1 aliphatic carbocycles. The third kappa shape index (κ3) is 7.13. The Bertz CT molecular complexity index is 1640. The molecule has 2 atom stereocenters. The summed E-state index contributed by atoms with van der Waals surface area (Å²) in [5.74, 6) is 3.42. The lowest BCUT2D eigenvalue weighted by atomic mass is 9.86. The number of aromatic nitrogens is 5. The van der Waals surface area contributed by atoms with E-state index < -0.39 is 10.1 Å². The van der Waals surface area contributed by atoms with Crippen LogP contribution in [0.2, 0.25) is 0 Å². The number of methoxy groups -OCH3 is 4. The molecule has 0 spiro atoms. The highest BCUT2D eigenvalue weighted by atomic mass is 32.2. The van der Waals surface area contributed by atoms with Gasteiger partial charge in [-0.25, -0.2) is 14.6 Å². The first-order valence-corrected chi connectivity index (χ1v) is 16.1. The molecule has 0 N–H and O–H groups in total. The third-order valence-electron chi connectivity index (χ3n) is 7.87. The van der Waals surface area contributed by atoms with Crippen LogP contribution in [0, 0.1) is 5.92 Å². The van der Waals surface area contributed by atoms with Gasteiger partial charge in [-0.3, -0.25) is 4.18 Å². The van der Waals surface area contributed by atoms with Crippen molar-refractivity contribution in [3.63, 3.8) is 0 Å². The smallest absolute Gasteiger partial charge is 0.264 e. The normalized spacial score (nSPS) is 16.9. The van der Waals surface area contributed by atoms with E-state index in [1.807, 2.05) is 41.1 Å². The van der Waals surface area contributed by atoms with Crippen molar-refractivity contribution in [1.82, 2.24) is 25.0 Å². The number of anilines is 1. The molecule has 0 aliphatic heterocycles. The van der Waals surface area contributed by atoms with Gasteiger partial charge >= 0.3 is 0 Å². The van der Waals surface area contributed by atoms with Crippen molar-refractivity contribution < 1.29 is 31.5 Å². The maximum absolute atomic E-state index is 11.6. The molecular weight excluding hydrogens is 588 g/mol. The zero-order valence-corrected chi connectivity index (χ0v) is 26.4. The van der Waals surface area contributed by atoms with Crippen LogP contribution in [0.25, 0.3) is 11.2 Å². The molecule has 14 heteroatoms. The van der Waals surface area contributed by atoms with Gasteiger partial charge in [0.15, 0.2) is 17.0 Å². The molecule has 0 bridgehead atoms. The molecule has 0 saturated heterocycles. The van der Waals surface area contributed by atoms with Crippen LogP contribution < -0.4 is 23.8 Å². The molecule has 2 aromatic carbocycles. The number of rotatable bonds is 13. The standard InChI is InChI=1S/C30H38N6O7S/c1-39-24-11-9-21(26(14-24)41-3)16-35(17-22-10-12-25(40-2)15-27(22)42-4)29-28-30(32-19-31-29)36(34-33-28)23-8-6-7-20(13-23)18-43-44(5,37)38/h9-12,14-15,19-20,23H,6-8,13,16-18H2,1-5H3/t20-,23+/m0/s1. The maximum atomic E-state index is 11.6. The summed E-state index contributed by atoms with van der Waals surface area (Å²) < 4.78 is 52.3. The lowest BCUT2D eigenvalue weighted by molar-refractivity contribution is 0.177. The second-order valence-corrected chi connectivity index (χ2v) is 12.4. The van der Waals surface area contributed by atoms with Gasteiger partial charge in [0, 0.05) is 36.3 Å². The number of fused-ring (bicyclic) bond motifs is 1. The number of hydrogen-bond acceptors (Lipinski definition) is 12. The summed E-state index contributed by atoms with van der Waals surface area (Å²) in [6.45, 7) is 1.01. The fourth-order valence-electron chi connectivity index (χ4n) is 5.67. The quantitative estimate of drug-likeness (QED) is 0.197. The van der Waals surface area contributed by atoms with Crippen LogP contribution >= 0.6 is 0 Å². The Balaban J connectivity index is 1.52. The van der Waals surface area contributed by atoms with E-state index in [1.54, 1.807) is 28.4 Å².